The molecule has 0 radical (unpaired) electrons. The number of amides is 1. The predicted octanol–water partition coefficient (Wildman–Crippen LogP) is 5.63. The Morgan fingerprint density at radius 1 is 0.926 bits per heavy atom. The highest BCUT2D eigenvalue weighted by atomic mass is 127. The van der Waals surface area contributed by atoms with E-state index in [1.165, 1.54) is 0 Å². The van der Waals surface area contributed by atoms with Crippen LogP contribution in [-0.4, -0.2) is 11.1 Å². The summed E-state index contributed by atoms with van der Waals surface area (Å²) >= 11 is 7.46. The quantitative estimate of drug-likeness (QED) is 0.370. The van der Waals surface area contributed by atoms with Crippen molar-refractivity contribution in [2.45, 2.75) is 6.92 Å². The van der Waals surface area contributed by atoms with Gasteiger partial charge in [-0.2, -0.15) is 0 Å². The highest BCUT2D eigenvalue weighted by Crippen LogP contribution is 2.18. The minimum Gasteiger partial charge on any atom is -0.432 e. The molecule has 0 atom stereocenters. The fraction of sp³-hybridized carbons (Fsp3) is 0.0476. The summed E-state index contributed by atoms with van der Waals surface area (Å²) in [6, 6.07) is 22.3. The summed E-state index contributed by atoms with van der Waals surface area (Å²) in [5.41, 5.74) is 3.21. The van der Waals surface area contributed by atoms with Crippen LogP contribution in [0.1, 0.15) is 15.9 Å². The average molecular weight is 488 g/mol. The first-order valence-corrected chi connectivity index (χ1v) is 9.71. The zero-order valence-electron chi connectivity index (χ0n) is 14.5. The smallest absolute Gasteiger partial charge is 0.266 e. The Balaban J connectivity index is 1.59. The third-order valence-corrected chi connectivity index (χ3v) is 4.72. The maximum Gasteiger partial charge on any atom is 0.266 e. The number of aryl methyl sites for hydroxylation is 1. The predicted molar refractivity (Wildman–Crippen MR) is 122 cm³/mol. The Morgan fingerprint density at radius 2 is 1.59 bits per heavy atom. The number of thiocarbonyl (C=S) groups is 1. The molecule has 4 nitrogen and oxygen atoms in total. The molecule has 2 N–H and O–H groups in total. The molecule has 3 aromatic rings. The molecule has 27 heavy (non-hydrogen) atoms. The van der Waals surface area contributed by atoms with Gasteiger partial charge in [0.05, 0.1) is 0 Å². The van der Waals surface area contributed by atoms with Gasteiger partial charge in [0.2, 0.25) is 0 Å². The van der Waals surface area contributed by atoms with Gasteiger partial charge in [-0.3, -0.25) is 4.79 Å². The summed E-state index contributed by atoms with van der Waals surface area (Å²) < 4.78 is 6.75. The molecule has 0 aromatic heterocycles. The maximum atomic E-state index is 12.4. The van der Waals surface area contributed by atoms with E-state index in [1.807, 2.05) is 55.5 Å². The number of para-hydroxylation sites is 1. The lowest BCUT2D eigenvalue weighted by Gasteiger charge is -2.11. The number of ether oxygens (including phenoxy) is 1. The first kappa shape index (κ1) is 19.3. The standard InChI is InChI=1S/C21H17IN2O2S/c1-14-4-2-3-5-19(14)24-20(25)15-6-12-18(13-7-15)26-21(27)23-17-10-8-16(22)9-11-17/h2-13H,1H3,(H,23,27)(H,24,25). The summed E-state index contributed by atoms with van der Waals surface area (Å²) in [6.45, 7) is 1.95. The summed E-state index contributed by atoms with van der Waals surface area (Å²) in [6.07, 6.45) is 0. The van der Waals surface area contributed by atoms with Gasteiger partial charge in [-0.15, -0.1) is 0 Å². The Hall–Kier alpha value is -2.45. The lowest BCUT2D eigenvalue weighted by atomic mass is 10.1. The molecule has 0 aliphatic heterocycles. The molecule has 0 heterocycles. The molecular formula is C21H17IN2O2S. The van der Waals surface area contributed by atoms with Crippen LogP contribution in [0.3, 0.4) is 0 Å². The molecule has 0 spiro atoms. The Morgan fingerprint density at radius 3 is 2.26 bits per heavy atom. The van der Waals surface area contributed by atoms with E-state index < -0.39 is 0 Å². The number of nitrogens with one attached hydrogen (secondary N) is 2. The van der Waals surface area contributed by atoms with Crippen molar-refractivity contribution in [2.75, 3.05) is 10.6 Å². The van der Waals surface area contributed by atoms with Gasteiger partial charge >= 0.3 is 0 Å². The van der Waals surface area contributed by atoms with Crippen LogP contribution in [0.2, 0.25) is 0 Å². The molecule has 6 heteroatoms. The van der Waals surface area contributed by atoms with E-state index in [4.69, 9.17) is 17.0 Å². The van der Waals surface area contributed by atoms with Gasteiger partial charge in [0.1, 0.15) is 5.75 Å². The number of hydrogen-bond donors (Lipinski definition) is 2. The van der Waals surface area contributed by atoms with E-state index in [9.17, 15) is 4.79 Å². The number of benzene rings is 3. The van der Waals surface area contributed by atoms with E-state index in [0.717, 1.165) is 20.5 Å². The van der Waals surface area contributed by atoms with Gasteiger partial charge in [0.15, 0.2) is 0 Å². The van der Waals surface area contributed by atoms with Gasteiger partial charge in [0.25, 0.3) is 11.1 Å². The highest BCUT2D eigenvalue weighted by molar-refractivity contribution is 14.1. The molecule has 3 rings (SSSR count). The van der Waals surface area contributed by atoms with Crippen molar-refractivity contribution in [1.82, 2.24) is 0 Å². The molecule has 0 saturated heterocycles. The zero-order chi connectivity index (χ0) is 19.2. The van der Waals surface area contributed by atoms with Crippen molar-refractivity contribution in [1.29, 1.82) is 0 Å². The molecule has 3 aromatic carbocycles. The van der Waals surface area contributed by atoms with E-state index in [-0.39, 0.29) is 11.1 Å². The normalized spacial score (nSPS) is 10.1. The van der Waals surface area contributed by atoms with Crippen LogP contribution in [-0.2, 0) is 0 Å². The molecule has 0 aliphatic rings. The molecule has 0 aliphatic carbocycles. The van der Waals surface area contributed by atoms with E-state index >= 15 is 0 Å². The number of anilines is 2. The monoisotopic (exact) mass is 488 g/mol. The van der Waals surface area contributed by atoms with Gasteiger partial charge in [-0.05, 0) is 102 Å². The maximum absolute atomic E-state index is 12.4. The number of rotatable bonds is 4. The number of carbonyl (C=O) groups is 1. The van der Waals surface area contributed by atoms with Gasteiger partial charge in [-0.25, -0.2) is 0 Å². The van der Waals surface area contributed by atoms with Gasteiger partial charge < -0.3 is 15.4 Å². The zero-order valence-corrected chi connectivity index (χ0v) is 17.5. The molecule has 0 bridgehead atoms. The molecule has 136 valence electrons. The summed E-state index contributed by atoms with van der Waals surface area (Å²) in [7, 11) is 0. The van der Waals surface area contributed by atoms with Crippen molar-refractivity contribution in [3.63, 3.8) is 0 Å². The van der Waals surface area contributed by atoms with Gasteiger partial charge in [0, 0.05) is 20.5 Å². The minimum atomic E-state index is -0.171. The Bertz CT molecular complexity index is 957. The lowest BCUT2D eigenvalue weighted by molar-refractivity contribution is 0.102. The number of hydrogen-bond acceptors (Lipinski definition) is 3. The van der Waals surface area contributed by atoms with Crippen LogP contribution in [0.25, 0.3) is 0 Å². The third-order valence-electron chi connectivity index (χ3n) is 3.81. The van der Waals surface area contributed by atoms with Crippen molar-refractivity contribution in [3.8, 4) is 5.75 Å². The molecule has 0 unspecified atom stereocenters. The summed E-state index contributed by atoms with van der Waals surface area (Å²) in [5, 5.41) is 6.17. The van der Waals surface area contributed by atoms with E-state index in [2.05, 4.69) is 33.2 Å². The topological polar surface area (TPSA) is 50.4 Å². The van der Waals surface area contributed by atoms with E-state index in [0.29, 0.717) is 11.3 Å². The van der Waals surface area contributed by atoms with Crippen LogP contribution in [0.5, 0.6) is 5.75 Å². The second-order valence-electron chi connectivity index (χ2n) is 5.81. The van der Waals surface area contributed by atoms with Crippen molar-refractivity contribution in [2.24, 2.45) is 0 Å². The van der Waals surface area contributed by atoms with Crippen LogP contribution in [0.15, 0.2) is 72.8 Å². The van der Waals surface area contributed by atoms with Crippen molar-refractivity contribution >= 4 is 57.3 Å². The third kappa shape index (κ3) is 5.51. The van der Waals surface area contributed by atoms with E-state index in [1.54, 1.807) is 24.3 Å². The second kappa shape index (κ2) is 8.96. The van der Waals surface area contributed by atoms with Crippen molar-refractivity contribution in [3.05, 3.63) is 87.5 Å². The van der Waals surface area contributed by atoms with Crippen LogP contribution >= 0.6 is 34.8 Å². The average Bonchev–Trinajstić information content (AvgIpc) is 2.66. The van der Waals surface area contributed by atoms with Crippen LogP contribution < -0.4 is 15.4 Å². The highest BCUT2D eigenvalue weighted by Gasteiger charge is 2.08. The molecule has 0 fully saturated rings. The fourth-order valence-corrected chi connectivity index (χ4v) is 2.94. The van der Waals surface area contributed by atoms with Crippen molar-refractivity contribution < 1.29 is 9.53 Å². The van der Waals surface area contributed by atoms with Gasteiger partial charge in [-0.1, -0.05) is 18.2 Å². The van der Waals surface area contributed by atoms with Crippen LogP contribution in [0.4, 0.5) is 11.4 Å². The summed E-state index contributed by atoms with van der Waals surface area (Å²) in [4.78, 5) is 12.4. The first-order valence-electron chi connectivity index (χ1n) is 8.23. The number of carbonyl (C=O) groups excluding carboxylic acids is 1. The minimum absolute atomic E-state index is 0.171. The molecule has 0 saturated carbocycles. The molecular weight excluding hydrogens is 471 g/mol. The number of halogens is 1. The SMILES string of the molecule is Cc1ccccc1NC(=O)c1ccc(OC(=S)Nc2ccc(I)cc2)cc1. The molecule has 1 amide bonds. The Kier molecular flexibility index (Phi) is 6.41. The lowest BCUT2D eigenvalue weighted by Crippen LogP contribution is -2.16. The fourth-order valence-electron chi connectivity index (χ4n) is 2.37. The largest absolute Gasteiger partial charge is 0.432 e. The second-order valence-corrected chi connectivity index (χ2v) is 7.43. The first-order chi connectivity index (χ1) is 13.0. The van der Waals surface area contributed by atoms with Crippen LogP contribution in [0, 0.1) is 10.5 Å². The Labute approximate surface area is 177 Å². The summed E-state index contributed by atoms with van der Waals surface area (Å²) in [5.74, 6) is 0.390.